The molecule has 7 nitrogen and oxygen atoms in total. The molecule has 0 saturated carbocycles. The highest BCUT2D eigenvalue weighted by Crippen LogP contribution is 2.28. The third-order valence-electron chi connectivity index (χ3n) is 2.47. The van der Waals surface area contributed by atoms with E-state index < -0.39 is 10.0 Å². The number of halogens is 1. The van der Waals surface area contributed by atoms with Gasteiger partial charge < -0.3 is 0 Å². The van der Waals surface area contributed by atoms with Gasteiger partial charge in [-0.3, -0.25) is 4.72 Å². The van der Waals surface area contributed by atoms with Crippen LogP contribution in [0.25, 0.3) is 5.82 Å². The Morgan fingerprint density at radius 2 is 2.19 bits per heavy atom. The Hall–Kier alpha value is -1.97. The minimum atomic E-state index is -3.74. The second-order valence-electron chi connectivity index (χ2n) is 3.87. The van der Waals surface area contributed by atoms with Gasteiger partial charge in [-0.2, -0.15) is 5.10 Å². The lowest BCUT2D eigenvalue weighted by Gasteiger charge is -2.09. The zero-order valence-corrected chi connectivity index (χ0v) is 12.7. The molecule has 0 aromatic carbocycles. The summed E-state index contributed by atoms with van der Waals surface area (Å²) < 4.78 is 29.0. The summed E-state index contributed by atoms with van der Waals surface area (Å²) in [5, 5.41) is 4.03. The van der Waals surface area contributed by atoms with Crippen molar-refractivity contribution in [2.45, 2.75) is 4.21 Å². The molecule has 3 heterocycles. The van der Waals surface area contributed by atoms with Gasteiger partial charge in [0.15, 0.2) is 5.82 Å². The molecule has 3 rings (SSSR count). The van der Waals surface area contributed by atoms with Gasteiger partial charge in [0.2, 0.25) is 0 Å². The number of hydrogen-bond donors (Lipinski definition) is 1. The van der Waals surface area contributed by atoms with Gasteiger partial charge in [-0.25, -0.2) is 23.1 Å². The smallest absolute Gasteiger partial charge is 0.271 e. The van der Waals surface area contributed by atoms with Crippen molar-refractivity contribution in [2.24, 2.45) is 0 Å². The maximum Gasteiger partial charge on any atom is 0.271 e. The van der Waals surface area contributed by atoms with Crippen LogP contribution in [0, 0.1) is 0 Å². The first kappa shape index (κ1) is 14.0. The van der Waals surface area contributed by atoms with Crippen molar-refractivity contribution in [1.82, 2.24) is 19.7 Å². The van der Waals surface area contributed by atoms with E-state index in [2.05, 4.69) is 19.8 Å². The minimum Gasteiger partial charge on any atom is -0.274 e. The van der Waals surface area contributed by atoms with E-state index in [4.69, 9.17) is 11.6 Å². The van der Waals surface area contributed by atoms with Crippen molar-refractivity contribution >= 4 is 38.6 Å². The zero-order valence-electron chi connectivity index (χ0n) is 10.3. The van der Waals surface area contributed by atoms with Crippen molar-refractivity contribution in [2.75, 3.05) is 4.72 Å². The molecule has 3 aromatic rings. The summed E-state index contributed by atoms with van der Waals surface area (Å²) >= 11 is 6.74. The fraction of sp³-hybridized carbons (Fsp3) is 0. The molecule has 10 heteroatoms. The SMILES string of the molecule is O=S(=O)(Nc1cncnc1-n1cccn1)c1ccc(Cl)s1. The van der Waals surface area contributed by atoms with Crippen LogP contribution in [-0.4, -0.2) is 28.2 Å². The average molecular weight is 342 g/mol. The van der Waals surface area contributed by atoms with Crippen LogP contribution in [0.1, 0.15) is 0 Å². The molecule has 0 fully saturated rings. The summed E-state index contributed by atoms with van der Waals surface area (Å²) in [7, 11) is -3.74. The minimum absolute atomic E-state index is 0.114. The van der Waals surface area contributed by atoms with Gasteiger partial charge in [-0.15, -0.1) is 11.3 Å². The van der Waals surface area contributed by atoms with Gasteiger partial charge in [0.25, 0.3) is 10.0 Å². The summed E-state index contributed by atoms with van der Waals surface area (Å²) in [6.07, 6.45) is 5.91. The average Bonchev–Trinajstić information content (AvgIpc) is 3.10. The Balaban J connectivity index is 1.99. The number of sulfonamides is 1. The number of thiophene rings is 1. The topological polar surface area (TPSA) is 89.8 Å². The van der Waals surface area contributed by atoms with Crippen LogP contribution in [0.15, 0.2) is 47.3 Å². The molecule has 0 amide bonds. The Kier molecular flexibility index (Phi) is 3.62. The molecule has 0 atom stereocenters. The van der Waals surface area contributed by atoms with Crippen molar-refractivity contribution in [3.05, 3.63) is 47.5 Å². The summed E-state index contributed by atoms with van der Waals surface area (Å²) in [6, 6.07) is 4.67. The van der Waals surface area contributed by atoms with E-state index in [1.807, 2.05) is 0 Å². The fourth-order valence-electron chi connectivity index (χ4n) is 1.61. The third-order valence-corrected chi connectivity index (χ3v) is 5.56. The molecular weight excluding hydrogens is 334 g/mol. The van der Waals surface area contributed by atoms with Crippen LogP contribution in [-0.2, 0) is 10.0 Å². The molecule has 108 valence electrons. The number of rotatable bonds is 4. The highest BCUT2D eigenvalue weighted by atomic mass is 35.5. The van der Waals surface area contributed by atoms with Gasteiger partial charge in [-0.1, -0.05) is 11.6 Å². The molecule has 0 spiro atoms. The lowest BCUT2D eigenvalue weighted by Crippen LogP contribution is -2.14. The molecule has 0 saturated heterocycles. The monoisotopic (exact) mass is 341 g/mol. The van der Waals surface area contributed by atoms with Crippen LogP contribution in [0.5, 0.6) is 0 Å². The normalized spacial score (nSPS) is 11.5. The number of anilines is 1. The molecule has 0 aliphatic heterocycles. The number of aromatic nitrogens is 4. The van der Waals surface area contributed by atoms with E-state index in [-0.39, 0.29) is 9.90 Å². The first-order valence-corrected chi connectivity index (χ1v) is 8.32. The maximum atomic E-state index is 12.3. The Labute approximate surface area is 129 Å². The number of nitrogens with zero attached hydrogens (tertiary/aromatic N) is 4. The van der Waals surface area contributed by atoms with Crippen molar-refractivity contribution in [3.8, 4) is 5.82 Å². The van der Waals surface area contributed by atoms with Crippen molar-refractivity contribution < 1.29 is 8.42 Å². The lowest BCUT2D eigenvalue weighted by molar-refractivity contribution is 0.603. The van der Waals surface area contributed by atoms with E-state index in [0.717, 1.165) is 11.3 Å². The second kappa shape index (κ2) is 5.43. The molecule has 3 aromatic heterocycles. The number of hydrogen-bond acceptors (Lipinski definition) is 6. The molecule has 0 unspecified atom stereocenters. The lowest BCUT2D eigenvalue weighted by atomic mass is 10.5. The fourth-order valence-corrected chi connectivity index (χ4v) is 4.14. The van der Waals surface area contributed by atoms with Crippen LogP contribution in [0.3, 0.4) is 0 Å². The predicted molar refractivity (Wildman–Crippen MR) is 79.3 cm³/mol. The Bertz CT molecular complexity index is 860. The van der Waals surface area contributed by atoms with Gasteiger partial charge >= 0.3 is 0 Å². The zero-order chi connectivity index (χ0) is 14.9. The first-order chi connectivity index (χ1) is 10.1. The predicted octanol–water partition coefficient (Wildman–Crippen LogP) is 2.18. The van der Waals surface area contributed by atoms with E-state index in [1.54, 1.807) is 18.5 Å². The van der Waals surface area contributed by atoms with Gasteiger partial charge in [0.05, 0.1) is 10.5 Å². The van der Waals surface area contributed by atoms with E-state index in [9.17, 15) is 8.42 Å². The third kappa shape index (κ3) is 2.89. The summed E-state index contributed by atoms with van der Waals surface area (Å²) in [6.45, 7) is 0. The molecule has 1 N–H and O–H groups in total. The van der Waals surface area contributed by atoms with Crippen LogP contribution >= 0.6 is 22.9 Å². The summed E-state index contributed by atoms with van der Waals surface area (Å²) in [5.74, 6) is 0.334. The summed E-state index contributed by atoms with van der Waals surface area (Å²) in [5.41, 5.74) is 0.228. The van der Waals surface area contributed by atoms with Gasteiger partial charge in [-0.05, 0) is 18.2 Å². The summed E-state index contributed by atoms with van der Waals surface area (Å²) in [4.78, 5) is 7.88. The highest BCUT2D eigenvalue weighted by Gasteiger charge is 2.19. The van der Waals surface area contributed by atoms with Crippen molar-refractivity contribution in [3.63, 3.8) is 0 Å². The van der Waals surface area contributed by atoms with Crippen LogP contribution in [0.2, 0.25) is 4.34 Å². The Morgan fingerprint density at radius 3 is 2.86 bits per heavy atom. The Morgan fingerprint density at radius 1 is 1.33 bits per heavy atom. The van der Waals surface area contributed by atoms with E-state index in [0.29, 0.717) is 10.2 Å². The molecular formula is C11H8ClN5O2S2. The van der Waals surface area contributed by atoms with Crippen LogP contribution in [0.4, 0.5) is 5.69 Å². The maximum absolute atomic E-state index is 12.3. The molecule has 21 heavy (non-hydrogen) atoms. The number of nitrogens with one attached hydrogen (secondary N) is 1. The molecule has 0 aliphatic rings. The van der Waals surface area contributed by atoms with Gasteiger partial charge in [0.1, 0.15) is 16.2 Å². The quantitative estimate of drug-likeness (QED) is 0.785. The second-order valence-corrected chi connectivity index (χ2v) is 7.50. The van der Waals surface area contributed by atoms with E-state index >= 15 is 0 Å². The first-order valence-electron chi connectivity index (χ1n) is 5.64. The standard InChI is InChI=1S/C11H8ClN5O2S2/c12-9-2-3-10(20-9)21(18,19)16-8-6-13-7-14-11(8)17-5-1-4-15-17/h1-7,16H. The largest absolute Gasteiger partial charge is 0.274 e. The molecule has 0 bridgehead atoms. The highest BCUT2D eigenvalue weighted by molar-refractivity contribution is 7.94. The van der Waals surface area contributed by atoms with E-state index in [1.165, 1.54) is 29.3 Å². The van der Waals surface area contributed by atoms with Crippen LogP contribution < -0.4 is 4.72 Å². The molecule has 0 aliphatic carbocycles. The van der Waals surface area contributed by atoms with Crippen molar-refractivity contribution in [1.29, 1.82) is 0 Å². The van der Waals surface area contributed by atoms with Gasteiger partial charge in [0, 0.05) is 12.4 Å². The molecule has 0 radical (unpaired) electrons.